The summed E-state index contributed by atoms with van der Waals surface area (Å²) < 4.78 is 0. The Morgan fingerprint density at radius 2 is 2.33 bits per heavy atom. The van der Waals surface area contributed by atoms with Gasteiger partial charge in [-0.2, -0.15) is 11.8 Å². The van der Waals surface area contributed by atoms with Crippen LogP contribution in [0.5, 0.6) is 0 Å². The molecule has 1 heterocycles. The van der Waals surface area contributed by atoms with Crippen LogP contribution in [0.3, 0.4) is 0 Å². The van der Waals surface area contributed by atoms with Gasteiger partial charge in [0.1, 0.15) is 0 Å². The average Bonchev–Trinajstić information content (AvgIpc) is 2.00. The van der Waals surface area contributed by atoms with E-state index >= 15 is 0 Å². The predicted octanol–water partition coefficient (Wildman–Crippen LogP) is 1.75. The van der Waals surface area contributed by atoms with Crippen LogP contribution < -0.4 is 0 Å². The lowest BCUT2D eigenvalue weighted by atomic mass is 10.4. The number of aliphatic imine (C=N–C) groups is 1. The zero-order valence-corrected chi connectivity index (χ0v) is 6.23. The molecule has 0 radical (unpaired) electrons. The lowest BCUT2D eigenvalue weighted by molar-refractivity contribution is 1.15. The van der Waals surface area contributed by atoms with Crippen LogP contribution in [0.25, 0.3) is 0 Å². The van der Waals surface area contributed by atoms with Crippen molar-refractivity contribution in [2.24, 2.45) is 4.99 Å². The van der Waals surface area contributed by atoms with E-state index in [4.69, 9.17) is 0 Å². The van der Waals surface area contributed by atoms with Gasteiger partial charge in [0, 0.05) is 30.7 Å². The summed E-state index contributed by atoms with van der Waals surface area (Å²) >= 11 is 1.94. The molecule has 2 heteroatoms. The van der Waals surface area contributed by atoms with Crippen LogP contribution >= 0.6 is 11.8 Å². The van der Waals surface area contributed by atoms with Crippen molar-refractivity contribution in [2.45, 2.75) is 6.42 Å². The van der Waals surface area contributed by atoms with Crippen molar-refractivity contribution in [3.05, 3.63) is 12.2 Å². The largest absolute Gasteiger partial charge is 0.296 e. The summed E-state index contributed by atoms with van der Waals surface area (Å²) in [6.45, 7) is 0.992. The first-order valence-electron chi connectivity index (χ1n) is 3.21. The number of nitrogens with zero attached hydrogens (tertiary/aromatic N) is 1. The van der Waals surface area contributed by atoms with Crippen LogP contribution in [0.15, 0.2) is 17.1 Å². The molecule has 0 bridgehead atoms. The minimum Gasteiger partial charge on any atom is -0.296 e. The van der Waals surface area contributed by atoms with Gasteiger partial charge in [0.15, 0.2) is 0 Å². The third-order valence-electron chi connectivity index (χ3n) is 1.12. The molecule has 0 unspecified atom stereocenters. The van der Waals surface area contributed by atoms with Crippen molar-refractivity contribution in [1.29, 1.82) is 0 Å². The van der Waals surface area contributed by atoms with Gasteiger partial charge in [-0.05, 0) is 0 Å². The Kier molecular flexibility index (Phi) is 3.53. The van der Waals surface area contributed by atoms with Crippen molar-refractivity contribution in [2.75, 3.05) is 18.1 Å². The maximum atomic E-state index is 4.19. The molecule has 0 aromatic rings. The summed E-state index contributed by atoms with van der Waals surface area (Å²) in [5.74, 6) is 2.32. The van der Waals surface area contributed by atoms with Crippen LogP contribution in [0.2, 0.25) is 0 Å². The first-order chi connectivity index (χ1) is 4.50. The van der Waals surface area contributed by atoms with E-state index in [-0.39, 0.29) is 0 Å². The fraction of sp³-hybridized carbons (Fsp3) is 0.571. The molecular weight excluding hydrogens is 130 g/mol. The first-order valence-corrected chi connectivity index (χ1v) is 4.36. The summed E-state index contributed by atoms with van der Waals surface area (Å²) in [4.78, 5) is 4.19. The van der Waals surface area contributed by atoms with E-state index in [1.165, 1.54) is 5.75 Å². The Bertz CT molecular complexity index is 104. The van der Waals surface area contributed by atoms with Crippen LogP contribution in [0, 0.1) is 0 Å². The van der Waals surface area contributed by atoms with E-state index in [9.17, 15) is 0 Å². The van der Waals surface area contributed by atoms with E-state index in [0.29, 0.717) is 0 Å². The van der Waals surface area contributed by atoms with Gasteiger partial charge in [0.2, 0.25) is 0 Å². The minimum absolute atomic E-state index is 0.992. The molecule has 0 N–H and O–H groups in total. The van der Waals surface area contributed by atoms with Gasteiger partial charge in [-0.25, -0.2) is 0 Å². The van der Waals surface area contributed by atoms with E-state index < -0.39 is 0 Å². The molecule has 0 saturated carbocycles. The van der Waals surface area contributed by atoms with E-state index in [1.807, 2.05) is 18.0 Å². The summed E-state index contributed by atoms with van der Waals surface area (Å²) in [7, 11) is 0. The van der Waals surface area contributed by atoms with Gasteiger partial charge in [-0.3, -0.25) is 4.99 Å². The van der Waals surface area contributed by atoms with Crippen molar-refractivity contribution in [3.63, 3.8) is 0 Å². The molecule has 1 rings (SSSR count). The van der Waals surface area contributed by atoms with Crippen molar-refractivity contribution < 1.29 is 0 Å². The molecule has 0 spiro atoms. The Morgan fingerprint density at radius 3 is 3.33 bits per heavy atom. The van der Waals surface area contributed by atoms with Gasteiger partial charge in [0.05, 0.1) is 0 Å². The lowest BCUT2D eigenvalue weighted by Crippen LogP contribution is -1.84. The SMILES string of the molecule is C1=CCSCCN=CC1. The highest BCUT2D eigenvalue weighted by atomic mass is 32.2. The monoisotopic (exact) mass is 141 g/mol. The van der Waals surface area contributed by atoms with E-state index in [1.54, 1.807) is 0 Å². The van der Waals surface area contributed by atoms with Crippen LogP contribution in [0.4, 0.5) is 0 Å². The van der Waals surface area contributed by atoms with Gasteiger partial charge in [-0.15, -0.1) is 0 Å². The third kappa shape index (κ3) is 3.36. The van der Waals surface area contributed by atoms with Gasteiger partial charge < -0.3 is 0 Å². The lowest BCUT2D eigenvalue weighted by Gasteiger charge is -1.89. The third-order valence-corrected chi connectivity index (χ3v) is 2.02. The second-order valence-corrected chi connectivity index (χ2v) is 3.02. The van der Waals surface area contributed by atoms with Crippen LogP contribution in [-0.4, -0.2) is 24.3 Å². The van der Waals surface area contributed by atoms with E-state index in [2.05, 4.69) is 17.1 Å². The fourth-order valence-electron chi connectivity index (χ4n) is 0.660. The molecule has 1 aliphatic rings. The zero-order valence-electron chi connectivity index (χ0n) is 5.42. The number of hydrogen-bond donors (Lipinski definition) is 0. The average molecular weight is 141 g/mol. The highest BCUT2D eigenvalue weighted by Crippen LogP contribution is 2.01. The molecule has 0 fully saturated rings. The van der Waals surface area contributed by atoms with E-state index in [0.717, 1.165) is 18.7 Å². The molecule has 0 atom stereocenters. The summed E-state index contributed by atoms with van der Waals surface area (Å²) in [5.41, 5.74) is 0. The smallest absolute Gasteiger partial charge is 0.0476 e. The Morgan fingerprint density at radius 1 is 1.33 bits per heavy atom. The second kappa shape index (κ2) is 4.62. The molecule has 0 amide bonds. The molecule has 0 aromatic carbocycles. The minimum atomic E-state index is 0.992. The molecule has 0 aromatic heterocycles. The zero-order chi connectivity index (χ0) is 6.36. The number of allylic oxidation sites excluding steroid dienone is 1. The Balaban J connectivity index is 2.28. The fourth-order valence-corrected chi connectivity index (χ4v) is 1.33. The van der Waals surface area contributed by atoms with Crippen molar-refractivity contribution in [3.8, 4) is 0 Å². The molecule has 9 heavy (non-hydrogen) atoms. The second-order valence-electron chi connectivity index (χ2n) is 1.87. The topological polar surface area (TPSA) is 12.4 Å². The number of thioether (sulfide) groups is 1. The molecule has 0 saturated heterocycles. The Labute approximate surface area is 60.3 Å². The summed E-state index contributed by atoms with van der Waals surface area (Å²) in [6, 6.07) is 0. The quantitative estimate of drug-likeness (QED) is 0.468. The first kappa shape index (κ1) is 6.87. The van der Waals surface area contributed by atoms with Crippen molar-refractivity contribution >= 4 is 18.0 Å². The number of rotatable bonds is 0. The molecule has 1 nitrogen and oxygen atoms in total. The maximum Gasteiger partial charge on any atom is 0.0476 e. The summed E-state index contributed by atoms with van der Waals surface area (Å²) in [6.07, 6.45) is 7.38. The van der Waals surface area contributed by atoms with Crippen LogP contribution in [0.1, 0.15) is 6.42 Å². The van der Waals surface area contributed by atoms with Crippen molar-refractivity contribution in [1.82, 2.24) is 0 Å². The molecule has 0 aliphatic carbocycles. The van der Waals surface area contributed by atoms with Gasteiger partial charge in [-0.1, -0.05) is 12.2 Å². The highest BCUT2D eigenvalue weighted by Gasteiger charge is 1.85. The van der Waals surface area contributed by atoms with Crippen LogP contribution in [-0.2, 0) is 0 Å². The maximum absolute atomic E-state index is 4.19. The molecule has 1 aliphatic heterocycles. The number of hydrogen-bond acceptors (Lipinski definition) is 2. The highest BCUT2D eigenvalue weighted by molar-refractivity contribution is 7.99. The van der Waals surface area contributed by atoms with Gasteiger partial charge >= 0.3 is 0 Å². The predicted molar refractivity (Wildman–Crippen MR) is 44.4 cm³/mol. The molecular formula is C7H11NS. The standard InChI is InChI=1S/C7H11NS/c1-2-4-8-5-7-9-6-3-1/h1,3-4H,2,5-7H2. The Hall–Kier alpha value is -0.240. The van der Waals surface area contributed by atoms with Gasteiger partial charge in [0.25, 0.3) is 0 Å². The summed E-state index contributed by atoms with van der Waals surface area (Å²) in [5, 5.41) is 0. The molecule has 50 valence electrons. The normalized spacial score (nSPS) is 20.4.